The average Bonchev–Trinajstić information content (AvgIpc) is 3.13. The summed E-state index contributed by atoms with van der Waals surface area (Å²) in [7, 11) is 0. The van der Waals surface area contributed by atoms with Crippen molar-refractivity contribution in [2.45, 2.75) is 57.8 Å². The molecule has 0 aromatic heterocycles. The van der Waals surface area contributed by atoms with Crippen molar-refractivity contribution in [2.24, 2.45) is 0 Å². The summed E-state index contributed by atoms with van der Waals surface area (Å²) in [5, 5.41) is 9.98. The van der Waals surface area contributed by atoms with Crippen LogP contribution in [0, 0.1) is 0 Å². The van der Waals surface area contributed by atoms with Gasteiger partial charge in [-0.25, -0.2) is 0 Å². The van der Waals surface area contributed by atoms with Gasteiger partial charge in [-0.05, 0) is 65.4 Å². The first-order valence-electron chi connectivity index (χ1n) is 17.2. The van der Waals surface area contributed by atoms with Gasteiger partial charge in [0.25, 0.3) is 0 Å². The minimum Gasteiger partial charge on any atom is -0.508 e. The summed E-state index contributed by atoms with van der Waals surface area (Å²) in [5.41, 5.74) is 3.54. The van der Waals surface area contributed by atoms with Gasteiger partial charge in [-0.2, -0.15) is 13.2 Å². The van der Waals surface area contributed by atoms with E-state index in [4.69, 9.17) is 0 Å². The van der Waals surface area contributed by atoms with E-state index in [1.807, 2.05) is 48.5 Å². The molecule has 1 aliphatic heterocycles. The van der Waals surface area contributed by atoms with E-state index in [-0.39, 0.29) is 18.2 Å². The zero-order chi connectivity index (χ0) is 35.5. The van der Waals surface area contributed by atoms with E-state index in [1.165, 1.54) is 29.8 Å². The maximum Gasteiger partial charge on any atom is 0.416 e. The van der Waals surface area contributed by atoms with Crippen molar-refractivity contribution in [1.82, 2.24) is 9.80 Å². The molecule has 0 bridgehead atoms. The highest BCUT2D eigenvalue weighted by Crippen LogP contribution is 2.29. The topological polar surface area (TPSA) is 64.1 Å². The monoisotopic (exact) mass is 683 g/mol. The Balaban J connectivity index is 1.42. The third kappa shape index (κ3) is 10.00. The zero-order valence-electron chi connectivity index (χ0n) is 28.4. The molecular weight excluding hydrogens is 639 g/mol. The molecule has 1 saturated heterocycles. The number of hydrogen-bond acceptors (Lipinski definition) is 4. The van der Waals surface area contributed by atoms with Gasteiger partial charge in [-0.15, -0.1) is 0 Å². The Morgan fingerprint density at radius 1 is 0.820 bits per heavy atom. The van der Waals surface area contributed by atoms with E-state index < -0.39 is 23.7 Å². The molecule has 1 N–H and O–H groups in total. The van der Waals surface area contributed by atoms with E-state index in [0.29, 0.717) is 38.2 Å². The van der Waals surface area contributed by atoms with Crippen molar-refractivity contribution in [2.75, 3.05) is 31.1 Å². The molecule has 1 unspecified atom stereocenters. The van der Waals surface area contributed by atoms with E-state index in [9.17, 15) is 27.9 Å². The number of amides is 2. The lowest BCUT2D eigenvalue weighted by molar-refractivity contribution is -0.144. The highest BCUT2D eigenvalue weighted by molar-refractivity contribution is 5.96. The summed E-state index contributed by atoms with van der Waals surface area (Å²) < 4.78 is 39.4. The van der Waals surface area contributed by atoms with Gasteiger partial charge in [0.15, 0.2) is 0 Å². The number of piperazine rings is 1. The van der Waals surface area contributed by atoms with Crippen molar-refractivity contribution in [3.05, 3.63) is 137 Å². The first-order chi connectivity index (χ1) is 24.1. The number of alkyl halides is 3. The van der Waals surface area contributed by atoms with Gasteiger partial charge >= 0.3 is 6.18 Å². The summed E-state index contributed by atoms with van der Waals surface area (Å²) in [4.78, 5) is 34.1. The van der Waals surface area contributed by atoms with Crippen LogP contribution in [0.4, 0.5) is 18.9 Å². The number of anilines is 1. The molecular formula is C41H44F3N3O3. The molecule has 1 aliphatic rings. The number of rotatable bonds is 13. The van der Waals surface area contributed by atoms with Gasteiger partial charge in [-0.1, -0.05) is 92.6 Å². The number of unbranched alkanes of at least 4 members (excludes halogenated alkanes) is 2. The second-order valence-corrected chi connectivity index (χ2v) is 12.7. The summed E-state index contributed by atoms with van der Waals surface area (Å²) in [6.45, 7) is 4.36. The van der Waals surface area contributed by atoms with E-state index in [2.05, 4.69) is 24.0 Å². The Morgan fingerprint density at radius 2 is 1.50 bits per heavy atom. The number of phenols is 1. The maximum atomic E-state index is 14.5. The summed E-state index contributed by atoms with van der Waals surface area (Å²) >= 11 is 0. The average molecular weight is 684 g/mol. The van der Waals surface area contributed by atoms with Crippen molar-refractivity contribution in [3.63, 3.8) is 0 Å². The number of hydrogen-bond donors (Lipinski definition) is 1. The molecule has 2 amide bonds. The maximum absolute atomic E-state index is 14.5. The number of carbonyl (C=O) groups is 2. The molecule has 1 heterocycles. The molecule has 4 aromatic rings. The standard InChI is InChI=1S/C41H44F3N3O3/c1-2-3-5-9-31-14-16-34(17-15-31)30-47(39(49)23-20-32-18-21-35(22-19-32)41(42,43)44)38(28-33-10-6-4-7-11-33)40(50)46-26-24-45(25-27-46)36-12-8-13-37(48)29-36/h4,6-8,10-23,29,38,48H,2-3,5,9,24-28,30H2,1H3/b23-20+. The lowest BCUT2D eigenvalue weighted by Gasteiger charge is -2.40. The molecule has 5 rings (SSSR count). The lowest BCUT2D eigenvalue weighted by atomic mass is 10.0. The Morgan fingerprint density at radius 3 is 2.14 bits per heavy atom. The van der Waals surface area contributed by atoms with Gasteiger partial charge in [0.05, 0.1) is 5.56 Å². The first kappa shape index (κ1) is 36.2. The number of nitrogens with zero attached hydrogens (tertiary/aromatic N) is 3. The van der Waals surface area contributed by atoms with Gasteiger partial charge in [0.1, 0.15) is 11.8 Å². The number of carbonyl (C=O) groups excluding carboxylic acids is 2. The Hall–Kier alpha value is -5.05. The van der Waals surface area contributed by atoms with Crippen LogP contribution in [0.5, 0.6) is 5.75 Å². The molecule has 1 atom stereocenters. The van der Waals surface area contributed by atoms with Crippen molar-refractivity contribution < 1.29 is 27.9 Å². The summed E-state index contributed by atoms with van der Waals surface area (Å²) in [5.74, 6) is -0.405. The fourth-order valence-corrected chi connectivity index (χ4v) is 6.23. The molecule has 0 radical (unpaired) electrons. The third-order valence-corrected chi connectivity index (χ3v) is 9.10. The van der Waals surface area contributed by atoms with Crippen LogP contribution in [-0.2, 0) is 35.2 Å². The van der Waals surface area contributed by atoms with Crippen LogP contribution in [0.1, 0.15) is 54.0 Å². The molecule has 4 aromatic carbocycles. The molecule has 6 nitrogen and oxygen atoms in total. The largest absolute Gasteiger partial charge is 0.508 e. The first-order valence-corrected chi connectivity index (χ1v) is 17.2. The summed E-state index contributed by atoms with van der Waals surface area (Å²) in [6, 6.07) is 28.5. The predicted octanol–water partition coefficient (Wildman–Crippen LogP) is 8.15. The summed E-state index contributed by atoms with van der Waals surface area (Å²) in [6.07, 6.45) is 3.02. The molecule has 9 heteroatoms. The van der Waals surface area contributed by atoms with E-state index in [1.54, 1.807) is 28.0 Å². The van der Waals surface area contributed by atoms with Gasteiger partial charge < -0.3 is 19.8 Å². The highest BCUT2D eigenvalue weighted by atomic mass is 19.4. The van der Waals surface area contributed by atoms with Gasteiger partial charge in [-0.3, -0.25) is 9.59 Å². The number of aryl methyl sites for hydroxylation is 1. The van der Waals surface area contributed by atoms with Crippen LogP contribution >= 0.6 is 0 Å². The quantitative estimate of drug-likeness (QED) is 0.114. The van der Waals surface area contributed by atoms with Gasteiger partial charge in [0, 0.05) is 57.0 Å². The molecule has 1 fully saturated rings. The predicted molar refractivity (Wildman–Crippen MR) is 192 cm³/mol. The molecule has 262 valence electrons. The lowest BCUT2D eigenvalue weighted by Crippen LogP contribution is -2.56. The van der Waals surface area contributed by atoms with Crippen molar-refractivity contribution in [1.29, 1.82) is 0 Å². The van der Waals surface area contributed by atoms with Crippen LogP contribution in [0.2, 0.25) is 0 Å². The normalized spacial score (nSPS) is 14.2. The van der Waals surface area contributed by atoms with Crippen LogP contribution in [0.15, 0.2) is 109 Å². The Kier molecular flexibility index (Phi) is 12.4. The highest BCUT2D eigenvalue weighted by Gasteiger charge is 2.34. The number of aromatic hydroxyl groups is 1. The molecule has 0 spiro atoms. The van der Waals surface area contributed by atoms with E-state index in [0.717, 1.165) is 54.6 Å². The number of benzene rings is 4. The van der Waals surface area contributed by atoms with E-state index >= 15 is 0 Å². The Labute approximate surface area is 292 Å². The minimum atomic E-state index is -4.46. The minimum absolute atomic E-state index is 0.170. The fraction of sp³-hybridized carbons (Fsp3) is 0.317. The van der Waals surface area contributed by atoms with Crippen molar-refractivity contribution in [3.8, 4) is 5.75 Å². The molecule has 50 heavy (non-hydrogen) atoms. The number of phenolic OH excluding ortho intramolecular Hbond substituents is 1. The van der Waals surface area contributed by atoms with Crippen molar-refractivity contribution >= 4 is 23.6 Å². The molecule has 0 aliphatic carbocycles. The van der Waals surface area contributed by atoms with Crippen LogP contribution in [0.25, 0.3) is 6.08 Å². The second kappa shape index (κ2) is 17.1. The third-order valence-electron chi connectivity index (χ3n) is 9.10. The van der Waals surface area contributed by atoms with Crippen LogP contribution in [-0.4, -0.2) is 58.9 Å². The zero-order valence-corrected chi connectivity index (χ0v) is 28.4. The van der Waals surface area contributed by atoms with Crippen LogP contribution < -0.4 is 4.90 Å². The van der Waals surface area contributed by atoms with Crippen LogP contribution in [0.3, 0.4) is 0 Å². The Bertz CT molecular complexity index is 1720. The second-order valence-electron chi connectivity index (χ2n) is 12.7. The van der Waals surface area contributed by atoms with Gasteiger partial charge in [0.2, 0.25) is 11.8 Å². The fourth-order valence-electron chi connectivity index (χ4n) is 6.23. The number of halogens is 3. The SMILES string of the molecule is CCCCCc1ccc(CN(C(=O)/C=C/c2ccc(C(F)(F)F)cc2)C(Cc2ccccc2)C(=O)N2CCN(c3cccc(O)c3)CC2)cc1. The molecule has 0 saturated carbocycles. The smallest absolute Gasteiger partial charge is 0.416 e.